The monoisotopic (exact) mass is 351 g/mol. The largest absolute Gasteiger partial charge is 0.353 e. The summed E-state index contributed by atoms with van der Waals surface area (Å²) in [5.41, 5.74) is 2.06. The Balaban J connectivity index is 1.59. The van der Waals surface area contributed by atoms with Gasteiger partial charge in [-0.05, 0) is 49.2 Å². The number of Topliss-reactive ketones (excluding diaryl/α,β-unsaturated/α-hetero) is 1. The van der Waals surface area contributed by atoms with Crippen molar-refractivity contribution in [3.63, 3.8) is 0 Å². The average molecular weight is 351 g/mol. The molecule has 0 aliphatic carbocycles. The van der Waals surface area contributed by atoms with E-state index in [1.54, 1.807) is 42.5 Å². The smallest absolute Gasteiger partial charge is 0.244 e. The normalized spacial score (nSPS) is 10.4. The van der Waals surface area contributed by atoms with E-state index in [2.05, 4.69) is 25.8 Å². The molecule has 2 aromatic carbocycles. The highest BCUT2D eigenvalue weighted by Crippen LogP contribution is 2.15. The zero-order chi connectivity index (χ0) is 18.4. The molecule has 132 valence electrons. The van der Waals surface area contributed by atoms with Gasteiger partial charge in [0.2, 0.25) is 5.95 Å². The summed E-state index contributed by atoms with van der Waals surface area (Å²) < 4.78 is 13.6. The molecule has 6 nitrogen and oxygen atoms in total. The van der Waals surface area contributed by atoms with Crippen LogP contribution in [0.2, 0.25) is 0 Å². The molecule has 0 saturated carbocycles. The van der Waals surface area contributed by atoms with Crippen molar-refractivity contribution in [1.82, 2.24) is 15.2 Å². The van der Waals surface area contributed by atoms with Gasteiger partial charge < -0.3 is 10.6 Å². The van der Waals surface area contributed by atoms with Crippen LogP contribution in [-0.2, 0) is 6.42 Å². The first-order valence-electron chi connectivity index (χ1n) is 8.17. The second-order valence-electron chi connectivity index (χ2n) is 5.69. The first-order valence-corrected chi connectivity index (χ1v) is 8.17. The summed E-state index contributed by atoms with van der Waals surface area (Å²) in [6.45, 7) is 2.01. The first-order chi connectivity index (χ1) is 12.6. The van der Waals surface area contributed by atoms with E-state index >= 15 is 0 Å². The Bertz CT molecular complexity index is 898. The lowest BCUT2D eigenvalue weighted by molar-refractivity contribution is 0.101. The molecule has 0 fully saturated rings. The van der Waals surface area contributed by atoms with Gasteiger partial charge in [-0.1, -0.05) is 18.2 Å². The van der Waals surface area contributed by atoms with E-state index in [9.17, 15) is 9.18 Å². The van der Waals surface area contributed by atoms with Crippen LogP contribution in [0.5, 0.6) is 0 Å². The van der Waals surface area contributed by atoms with Gasteiger partial charge in [0.1, 0.15) is 5.82 Å². The third-order valence-electron chi connectivity index (χ3n) is 3.76. The number of carbonyl (C=O) groups is 1. The number of hydrogen-bond acceptors (Lipinski definition) is 6. The van der Waals surface area contributed by atoms with Gasteiger partial charge in [-0.3, -0.25) is 4.79 Å². The van der Waals surface area contributed by atoms with E-state index in [4.69, 9.17) is 0 Å². The Hall–Kier alpha value is -3.35. The van der Waals surface area contributed by atoms with Crippen LogP contribution in [-0.4, -0.2) is 27.5 Å². The van der Waals surface area contributed by atoms with Crippen LogP contribution in [0.15, 0.2) is 54.7 Å². The standard InChI is InChI=1S/C19H18FN5O/c1-13(26)14-6-8-16(9-7-14)23-18-12-22-25-19(24-18)21-11-10-15-4-2-3-5-17(15)20/h2-9,12H,10-11H2,1H3,(H2,21,23,24,25). The first kappa shape index (κ1) is 17.5. The molecule has 0 atom stereocenters. The number of carbonyl (C=O) groups excluding carboxylic acids is 1. The average Bonchev–Trinajstić information content (AvgIpc) is 2.64. The van der Waals surface area contributed by atoms with Gasteiger partial charge in [0.15, 0.2) is 11.6 Å². The number of anilines is 3. The maximum Gasteiger partial charge on any atom is 0.244 e. The molecule has 1 heterocycles. The second-order valence-corrected chi connectivity index (χ2v) is 5.69. The Morgan fingerprint density at radius 3 is 2.62 bits per heavy atom. The van der Waals surface area contributed by atoms with Crippen molar-refractivity contribution in [3.8, 4) is 0 Å². The van der Waals surface area contributed by atoms with E-state index in [0.29, 0.717) is 35.9 Å². The van der Waals surface area contributed by atoms with Crippen LogP contribution in [0.25, 0.3) is 0 Å². The molecule has 3 aromatic rings. The molecule has 0 amide bonds. The van der Waals surface area contributed by atoms with Gasteiger partial charge >= 0.3 is 0 Å². The molecule has 0 aliphatic heterocycles. The lowest BCUT2D eigenvalue weighted by Crippen LogP contribution is -2.10. The maximum atomic E-state index is 13.6. The molecule has 2 N–H and O–H groups in total. The highest BCUT2D eigenvalue weighted by Gasteiger charge is 2.04. The highest BCUT2D eigenvalue weighted by atomic mass is 19.1. The minimum atomic E-state index is -0.224. The van der Waals surface area contributed by atoms with Crippen molar-refractivity contribution < 1.29 is 9.18 Å². The molecular weight excluding hydrogens is 333 g/mol. The number of benzene rings is 2. The Kier molecular flexibility index (Phi) is 5.48. The fraction of sp³-hybridized carbons (Fsp3) is 0.158. The van der Waals surface area contributed by atoms with Gasteiger partial charge in [0, 0.05) is 17.8 Å². The minimum absolute atomic E-state index is 0.0154. The number of nitrogens with zero attached hydrogens (tertiary/aromatic N) is 3. The molecule has 0 saturated heterocycles. The summed E-state index contributed by atoms with van der Waals surface area (Å²) in [6.07, 6.45) is 2.02. The topological polar surface area (TPSA) is 79.8 Å². The molecule has 0 unspecified atom stereocenters. The van der Waals surface area contributed by atoms with Crippen LogP contribution in [0.1, 0.15) is 22.8 Å². The van der Waals surface area contributed by atoms with E-state index < -0.39 is 0 Å². The van der Waals surface area contributed by atoms with Crippen molar-refractivity contribution in [2.45, 2.75) is 13.3 Å². The summed E-state index contributed by atoms with van der Waals surface area (Å²) in [5, 5.41) is 14.0. The van der Waals surface area contributed by atoms with Crippen molar-refractivity contribution in [2.24, 2.45) is 0 Å². The number of hydrogen-bond donors (Lipinski definition) is 2. The van der Waals surface area contributed by atoms with Gasteiger partial charge in [-0.25, -0.2) is 4.39 Å². The molecule has 3 rings (SSSR count). The van der Waals surface area contributed by atoms with Crippen LogP contribution < -0.4 is 10.6 Å². The van der Waals surface area contributed by atoms with E-state index in [0.717, 1.165) is 5.69 Å². The molecule has 7 heteroatoms. The van der Waals surface area contributed by atoms with Crippen LogP contribution in [0.3, 0.4) is 0 Å². The molecule has 26 heavy (non-hydrogen) atoms. The zero-order valence-electron chi connectivity index (χ0n) is 14.2. The number of nitrogens with one attached hydrogen (secondary N) is 2. The van der Waals surface area contributed by atoms with Crippen molar-refractivity contribution in [2.75, 3.05) is 17.2 Å². The molecule has 0 radical (unpaired) electrons. The summed E-state index contributed by atoms with van der Waals surface area (Å²) >= 11 is 0. The Morgan fingerprint density at radius 2 is 1.88 bits per heavy atom. The predicted molar refractivity (Wildman–Crippen MR) is 98.1 cm³/mol. The highest BCUT2D eigenvalue weighted by molar-refractivity contribution is 5.94. The summed E-state index contributed by atoms with van der Waals surface area (Å²) in [7, 11) is 0. The molecule has 0 bridgehead atoms. The van der Waals surface area contributed by atoms with E-state index in [-0.39, 0.29) is 11.6 Å². The minimum Gasteiger partial charge on any atom is -0.353 e. The second kappa shape index (κ2) is 8.15. The molecule has 1 aromatic heterocycles. The van der Waals surface area contributed by atoms with Crippen molar-refractivity contribution in [1.29, 1.82) is 0 Å². The number of aromatic nitrogens is 3. The fourth-order valence-electron chi connectivity index (χ4n) is 2.38. The van der Waals surface area contributed by atoms with Gasteiger partial charge in [-0.15, -0.1) is 5.10 Å². The quantitative estimate of drug-likeness (QED) is 0.633. The van der Waals surface area contributed by atoms with Crippen molar-refractivity contribution in [3.05, 3.63) is 71.7 Å². The summed E-state index contributed by atoms with van der Waals surface area (Å²) in [6, 6.07) is 13.7. The third-order valence-corrected chi connectivity index (χ3v) is 3.76. The van der Waals surface area contributed by atoms with Gasteiger partial charge in [0.25, 0.3) is 0 Å². The van der Waals surface area contributed by atoms with E-state index in [1.807, 2.05) is 0 Å². The zero-order valence-corrected chi connectivity index (χ0v) is 14.2. The van der Waals surface area contributed by atoms with Crippen LogP contribution in [0.4, 0.5) is 21.8 Å². The number of halogens is 1. The maximum absolute atomic E-state index is 13.6. The SMILES string of the molecule is CC(=O)c1ccc(Nc2cnnc(NCCc3ccccc3F)n2)cc1. The predicted octanol–water partition coefficient (Wildman–Crippen LogP) is 3.61. The van der Waals surface area contributed by atoms with Crippen molar-refractivity contribution >= 4 is 23.2 Å². The number of ketones is 1. The third kappa shape index (κ3) is 4.60. The molecular formula is C19H18FN5O. The molecule has 0 aliphatic rings. The fourth-order valence-corrected chi connectivity index (χ4v) is 2.38. The molecule has 0 spiro atoms. The summed E-state index contributed by atoms with van der Waals surface area (Å²) in [4.78, 5) is 15.6. The Morgan fingerprint density at radius 1 is 1.12 bits per heavy atom. The van der Waals surface area contributed by atoms with Gasteiger partial charge in [0.05, 0.1) is 6.20 Å². The summed E-state index contributed by atoms with van der Waals surface area (Å²) in [5.74, 6) is 0.662. The van der Waals surface area contributed by atoms with E-state index in [1.165, 1.54) is 19.2 Å². The lowest BCUT2D eigenvalue weighted by atomic mass is 10.1. The van der Waals surface area contributed by atoms with Crippen LogP contribution >= 0.6 is 0 Å². The Labute approximate surface area is 150 Å². The number of rotatable bonds is 7. The van der Waals surface area contributed by atoms with Crippen LogP contribution in [0, 0.1) is 5.82 Å². The lowest BCUT2D eigenvalue weighted by Gasteiger charge is -2.08. The van der Waals surface area contributed by atoms with Gasteiger partial charge in [-0.2, -0.15) is 10.1 Å².